The zero-order valence-corrected chi connectivity index (χ0v) is 23.0. The highest BCUT2D eigenvalue weighted by Gasteiger charge is 2.39. The van der Waals surface area contributed by atoms with E-state index < -0.39 is 0 Å². The van der Waals surface area contributed by atoms with E-state index in [4.69, 9.17) is 28.2 Å². The smallest absolute Gasteiger partial charge is 0.138 e. The molecule has 4 aromatic rings. The maximum absolute atomic E-state index is 6.42. The average Bonchev–Trinajstić information content (AvgIpc) is 3.66. The van der Waals surface area contributed by atoms with Crippen LogP contribution in [-0.4, -0.2) is 72.9 Å². The lowest BCUT2D eigenvalue weighted by Gasteiger charge is -2.39. The molecule has 2 saturated heterocycles. The maximum atomic E-state index is 6.42. The first-order valence-electron chi connectivity index (χ1n) is 13.4. The zero-order chi connectivity index (χ0) is 26.1. The van der Waals surface area contributed by atoms with Gasteiger partial charge in [-0.1, -0.05) is 41.4 Å². The van der Waals surface area contributed by atoms with E-state index in [-0.39, 0.29) is 12.1 Å². The van der Waals surface area contributed by atoms with Crippen LogP contribution in [0.1, 0.15) is 43.1 Å². The van der Waals surface area contributed by atoms with Gasteiger partial charge in [-0.3, -0.25) is 4.90 Å². The monoisotopic (exact) mass is 553 g/mol. The predicted molar refractivity (Wildman–Crippen MR) is 150 cm³/mol. The first-order valence-corrected chi connectivity index (χ1v) is 14.2. The molecule has 0 aliphatic carbocycles. The van der Waals surface area contributed by atoms with Crippen molar-refractivity contribution in [3.63, 3.8) is 0 Å². The second kappa shape index (κ2) is 11.3. The molecule has 9 nitrogen and oxygen atoms in total. The number of tetrazole rings is 1. The molecule has 11 heteroatoms. The Labute approximate surface area is 232 Å². The summed E-state index contributed by atoms with van der Waals surface area (Å²) < 4.78 is 4.13. The normalized spacial score (nSPS) is 23.6. The molecule has 2 N–H and O–H groups in total. The van der Waals surface area contributed by atoms with Gasteiger partial charge in [-0.05, 0) is 73.1 Å². The fraction of sp³-hybridized carbons (Fsp3) is 0.481. The average molecular weight is 555 g/mol. The Bertz CT molecular complexity index is 1370. The number of hydrogen-bond donors (Lipinski definition) is 2. The molecule has 0 amide bonds. The summed E-state index contributed by atoms with van der Waals surface area (Å²) in [4.78, 5) is 7.86. The Morgan fingerprint density at radius 1 is 1.08 bits per heavy atom. The molecule has 0 bridgehead atoms. The van der Waals surface area contributed by atoms with Gasteiger partial charge in [0, 0.05) is 37.6 Å². The van der Waals surface area contributed by atoms with E-state index in [1.807, 2.05) is 12.1 Å². The number of rotatable bonds is 7. The largest absolute Gasteiger partial charge is 0.325 e. The predicted octanol–water partition coefficient (Wildman–Crippen LogP) is 3.90. The molecule has 4 unspecified atom stereocenters. The first kappa shape index (κ1) is 25.7. The van der Waals surface area contributed by atoms with Crippen molar-refractivity contribution in [1.29, 1.82) is 0 Å². The number of nitrogens with one attached hydrogen (secondary N) is 2. The lowest BCUT2D eigenvalue weighted by Crippen LogP contribution is -2.50. The first-order chi connectivity index (χ1) is 18.6. The summed E-state index contributed by atoms with van der Waals surface area (Å²) in [7, 11) is 0. The number of aryl methyl sites for hydroxylation is 2. The van der Waals surface area contributed by atoms with Crippen LogP contribution in [-0.2, 0) is 13.1 Å². The van der Waals surface area contributed by atoms with Crippen molar-refractivity contribution in [3.05, 3.63) is 70.2 Å². The van der Waals surface area contributed by atoms with Gasteiger partial charge >= 0.3 is 0 Å². The van der Waals surface area contributed by atoms with E-state index >= 15 is 0 Å². The van der Waals surface area contributed by atoms with Crippen LogP contribution in [0.5, 0.6) is 0 Å². The minimum atomic E-state index is 0.130. The van der Waals surface area contributed by atoms with E-state index in [0.717, 1.165) is 62.4 Å². The number of para-hydroxylation sites is 2. The summed E-state index contributed by atoms with van der Waals surface area (Å²) in [5.41, 5.74) is 3.41. The molecular weight excluding hydrogens is 521 g/mol. The van der Waals surface area contributed by atoms with Crippen LogP contribution in [0.25, 0.3) is 11.0 Å². The van der Waals surface area contributed by atoms with E-state index in [9.17, 15) is 0 Å². The van der Waals surface area contributed by atoms with E-state index in [2.05, 4.69) is 72.9 Å². The molecule has 2 aromatic heterocycles. The van der Waals surface area contributed by atoms with Crippen LogP contribution in [0, 0.1) is 0 Å². The Hall–Kier alpha value is -2.56. The molecular formula is C27H33Cl2N9. The lowest BCUT2D eigenvalue weighted by atomic mass is 9.87. The van der Waals surface area contributed by atoms with Gasteiger partial charge < -0.3 is 15.2 Å². The Kier molecular flexibility index (Phi) is 7.63. The van der Waals surface area contributed by atoms with Crippen molar-refractivity contribution in [2.24, 2.45) is 0 Å². The fourth-order valence-corrected chi connectivity index (χ4v) is 6.56. The van der Waals surface area contributed by atoms with Crippen molar-refractivity contribution in [2.45, 2.75) is 56.9 Å². The Morgan fingerprint density at radius 2 is 1.97 bits per heavy atom. The highest BCUT2D eigenvalue weighted by atomic mass is 35.5. The number of benzene rings is 2. The SMILES string of the molecule is CC(C1NCCC1c1ccc(Cl)c(Cl)c1)N1CCCNCC1c1nc2ccccc2n1CCn1cnnn1. The van der Waals surface area contributed by atoms with Gasteiger partial charge in [0.2, 0.25) is 0 Å². The molecule has 2 aliphatic rings. The lowest BCUT2D eigenvalue weighted by molar-refractivity contribution is 0.116. The summed E-state index contributed by atoms with van der Waals surface area (Å²) in [5.74, 6) is 1.46. The van der Waals surface area contributed by atoms with Crippen LogP contribution in [0.4, 0.5) is 0 Å². The Morgan fingerprint density at radius 3 is 2.82 bits per heavy atom. The fourth-order valence-electron chi connectivity index (χ4n) is 6.25. The molecule has 2 aliphatic heterocycles. The molecule has 0 saturated carbocycles. The maximum Gasteiger partial charge on any atom is 0.138 e. The third kappa shape index (κ3) is 5.05. The van der Waals surface area contributed by atoms with Crippen molar-refractivity contribution in [2.75, 3.05) is 26.2 Å². The zero-order valence-electron chi connectivity index (χ0n) is 21.5. The highest BCUT2D eigenvalue weighted by Crippen LogP contribution is 2.37. The molecule has 2 aromatic carbocycles. The topological polar surface area (TPSA) is 88.7 Å². The third-order valence-electron chi connectivity index (χ3n) is 8.12. The number of hydrogen-bond acceptors (Lipinski definition) is 7. The van der Waals surface area contributed by atoms with Gasteiger partial charge in [-0.15, -0.1) is 5.10 Å². The molecule has 38 heavy (non-hydrogen) atoms. The molecule has 0 radical (unpaired) electrons. The van der Waals surface area contributed by atoms with Gasteiger partial charge in [0.25, 0.3) is 0 Å². The van der Waals surface area contributed by atoms with Gasteiger partial charge in [-0.25, -0.2) is 9.67 Å². The minimum Gasteiger partial charge on any atom is -0.325 e. The third-order valence-corrected chi connectivity index (χ3v) is 8.86. The molecule has 4 heterocycles. The van der Waals surface area contributed by atoms with Crippen LogP contribution < -0.4 is 10.6 Å². The molecule has 0 spiro atoms. The van der Waals surface area contributed by atoms with Gasteiger partial charge in [0.1, 0.15) is 12.2 Å². The van der Waals surface area contributed by atoms with Crippen LogP contribution in [0.2, 0.25) is 10.0 Å². The summed E-state index contributed by atoms with van der Waals surface area (Å²) >= 11 is 12.7. The van der Waals surface area contributed by atoms with Gasteiger partial charge in [-0.2, -0.15) is 0 Å². The number of nitrogens with zero attached hydrogens (tertiary/aromatic N) is 7. The second-order valence-corrected chi connectivity index (χ2v) is 11.1. The molecule has 200 valence electrons. The van der Waals surface area contributed by atoms with E-state index in [1.54, 1.807) is 11.0 Å². The summed E-state index contributed by atoms with van der Waals surface area (Å²) in [6, 6.07) is 15.2. The summed E-state index contributed by atoms with van der Waals surface area (Å²) in [6.07, 6.45) is 3.83. The van der Waals surface area contributed by atoms with E-state index in [0.29, 0.717) is 28.5 Å². The van der Waals surface area contributed by atoms with Crippen LogP contribution in [0.15, 0.2) is 48.8 Å². The van der Waals surface area contributed by atoms with Crippen molar-refractivity contribution < 1.29 is 0 Å². The standard InChI is InChI=1S/C27H33Cl2N9/c1-18(26-20(9-11-31-26)19-7-8-21(28)22(29)15-19)37-12-4-10-30-16-25(37)27-33-23-5-2-3-6-24(23)38(27)14-13-36-17-32-34-35-36/h2-3,5-8,15,17-18,20,25-26,30-31H,4,9-14,16H2,1H3. The summed E-state index contributed by atoms with van der Waals surface area (Å²) in [5, 5.41) is 20.4. The second-order valence-electron chi connectivity index (χ2n) is 10.3. The van der Waals surface area contributed by atoms with Gasteiger partial charge in [0.15, 0.2) is 0 Å². The number of imidazole rings is 1. The number of halogens is 2. The molecule has 6 rings (SSSR count). The quantitative estimate of drug-likeness (QED) is 0.358. The summed E-state index contributed by atoms with van der Waals surface area (Å²) in [6.45, 7) is 7.62. The van der Waals surface area contributed by atoms with Crippen molar-refractivity contribution in [3.8, 4) is 0 Å². The van der Waals surface area contributed by atoms with E-state index in [1.165, 1.54) is 5.56 Å². The van der Waals surface area contributed by atoms with Crippen LogP contribution in [0.3, 0.4) is 0 Å². The Balaban J connectivity index is 1.33. The minimum absolute atomic E-state index is 0.130. The van der Waals surface area contributed by atoms with Gasteiger partial charge in [0.05, 0.1) is 33.7 Å². The number of fused-ring (bicyclic) bond motifs is 1. The van der Waals surface area contributed by atoms with Crippen molar-refractivity contribution in [1.82, 2.24) is 45.3 Å². The highest BCUT2D eigenvalue weighted by molar-refractivity contribution is 6.42. The van der Waals surface area contributed by atoms with Crippen LogP contribution >= 0.6 is 23.2 Å². The molecule has 2 fully saturated rings. The molecule has 4 atom stereocenters. The van der Waals surface area contributed by atoms with Crippen molar-refractivity contribution >= 4 is 34.2 Å². The number of aromatic nitrogens is 6.